The number of hydrogen-bond donors (Lipinski definition) is 1. The number of benzene rings is 2. The molecule has 0 saturated heterocycles. The molecule has 2 N–H and O–H groups in total. The summed E-state index contributed by atoms with van der Waals surface area (Å²) < 4.78 is 38.2. The molecule has 1 aliphatic rings. The molecule has 0 amide bonds. The molecule has 0 fully saturated rings. The van der Waals surface area contributed by atoms with Crippen LogP contribution in [-0.4, -0.2) is 8.42 Å². The molecular formula is C16H16FNO2S. The van der Waals surface area contributed by atoms with Crippen LogP contribution in [0.1, 0.15) is 23.1 Å². The van der Waals surface area contributed by atoms with Crippen molar-refractivity contribution in [2.24, 2.45) is 0 Å². The second kappa shape index (κ2) is 5.15. The van der Waals surface area contributed by atoms with Crippen LogP contribution in [0.3, 0.4) is 0 Å². The van der Waals surface area contributed by atoms with Gasteiger partial charge in [0.25, 0.3) is 0 Å². The molecule has 3 rings (SSSR count). The fourth-order valence-corrected chi connectivity index (χ4v) is 4.17. The van der Waals surface area contributed by atoms with Crippen LogP contribution < -0.4 is 5.73 Å². The standard InChI is InChI=1S/C16H16FNO2S/c17-14-6-11(7-15(18)9-14)10-21(19,20)16-5-4-12-2-1-3-13(12)8-16/h4-9H,1-3,10,18H2. The van der Waals surface area contributed by atoms with Crippen molar-refractivity contribution in [1.82, 2.24) is 0 Å². The largest absolute Gasteiger partial charge is 0.399 e. The van der Waals surface area contributed by atoms with Gasteiger partial charge in [0.2, 0.25) is 0 Å². The fourth-order valence-electron chi connectivity index (χ4n) is 2.80. The van der Waals surface area contributed by atoms with Gasteiger partial charge in [0, 0.05) is 5.69 Å². The Morgan fingerprint density at radius 2 is 1.81 bits per heavy atom. The van der Waals surface area contributed by atoms with Crippen LogP contribution in [0.2, 0.25) is 0 Å². The Bertz CT molecular complexity index is 780. The zero-order chi connectivity index (χ0) is 15.0. The Labute approximate surface area is 123 Å². The molecule has 0 spiro atoms. The summed E-state index contributed by atoms with van der Waals surface area (Å²) in [6.45, 7) is 0. The zero-order valence-electron chi connectivity index (χ0n) is 11.5. The van der Waals surface area contributed by atoms with Crippen molar-refractivity contribution >= 4 is 15.5 Å². The van der Waals surface area contributed by atoms with Crippen LogP contribution in [0.4, 0.5) is 10.1 Å². The van der Waals surface area contributed by atoms with Gasteiger partial charge in [-0.3, -0.25) is 0 Å². The lowest BCUT2D eigenvalue weighted by Crippen LogP contribution is -2.06. The van der Waals surface area contributed by atoms with Crippen LogP contribution in [-0.2, 0) is 28.4 Å². The Morgan fingerprint density at radius 3 is 2.57 bits per heavy atom. The molecule has 0 radical (unpaired) electrons. The molecule has 0 atom stereocenters. The lowest BCUT2D eigenvalue weighted by atomic mass is 10.1. The maximum absolute atomic E-state index is 13.3. The van der Waals surface area contributed by atoms with Crippen molar-refractivity contribution in [2.45, 2.75) is 29.9 Å². The average molecular weight is 305 g/mol. The van der Waals surface area contributed by atoms with Gasteiger partial charge in [-0.15, -0.1) is 0 Å². The first-order valence-corrected chi connectivity index (χ1v) is 8.49. The van der Waals surface area contributed by atoms with E-state index in [4.69, 9.17) is 5.73 Å². The summed E-state index contributed by atoms with van der Waals surface area (Å²) in [6, 6.07) is 9.15. The van der Waals surface area contributed by atoms with Gasteiger partial charge in [-0.2, -0.15) is 0 Å². The number of anilines is 1. The molecule has 21 heavy (non-hydrogen) atoms. The number of rotatable bonds is 3. The summed E-state index contributed by atoms with van der Waals surface area (Å²) in [5.74, 6) is -0.762. The van der Waals surface area contributed by atoms with Gasteiger partial charge in [0.1, 0.15) is 5.82 Å². The van der Waals surface area contributed by atoms with Crippen molar-refractivity contribution in [2.75, 3.05) is 5.73 Å². The van der Waals surface area contributed by atoms with E-state index in [1.807, 2.05) is 6.07 Å². The maximum atomic E-state index is 13.3. The number of sulfone groups is 1. The second-order valence-electron chi connectivity index (χ2n) is 5.44. The molecule has 0 unspecified atom stereocenters. The van der Waals surface area contributed by atoms with Gasteiger partial charge in [0.05, 0.1) is 10.6 Å². The van der Waals surface area contributed by atoms with E-state index >= 15 is 0 Å². The molecule has 5 heteroatoms. The van der Waals surface area contributed by atoms with E-state index in [0.29, 0.717) is 10.5 Å². The Kier molecular flexibility index (Phi) is 3.45. The first-order chi connectivity index (χ1) is 9.94. The van der Waals surface area contributed by atoms with E-state index in [-0.39, 0.29) is 11.4 Å². The number of hydrogen-bond acceptors (Lipinski definition) is 3. The normalized spacial score (nSPS) is 14.1. The van der Waals surface area contributed by atoms with Gasteiger partial charge in [-0.05, 0) is 66.3 Å². The van der Waals surface area contributed by atoms with Crippen LogP contribution in [0.15, 0.2) is 41.3 Å². The van der Waals surface area contributed by atoms with Crippen molar-refractivity contribution in [3.8, 4) is 0 Å². The van der Waals surface area contributed by atoms with E-state index in [2.05, 4.69) is 0 Å². The molecule has 0 aromatic heterocycles. The molecule has 0 aliphatic heterocycles. The maximum Gasteiger partial charge on any atom is 0.182 e. The van der Waals surface area contributed by atoms with Crippen molar-refractivity contribution in [3.05, 3.63) is 58.9 Å². The molecule has 2 aromatic carbocycles. The molecule has 3 nitrogen and oxygen atoms in total. The third-order valence-electron chi connectivity index (χ3n) is 3.77. The van der Waals surface area contributed by atoms with E-state index in [0.717, 1.165) is 24.8 Å². The van der Waals surface area contributed by atoms with Gasteiger partial charge in [-0.25, -0.2) is 12.8 Å². The van der Waals surface area contributed by atoms with Crippen LogP contribution >= 0.6 is 0 Å². The third-order valence-corrected chi connectivity index (χ3v) is 5.45. The first-order valence-electron chi connectivity index (χ1n) is 6.83. The molecular weight excluding hydrogens is 289 g/mol. The predicted molar refractivity (Wildman–Crippen MR) is 80.2 cm³/mol. The molecule has 2 aromatic rings. The highest BCUT2D eigenvalue weighted by atomic mass is 32.2. The molecule has 110 valence electrons. The van der Waals surface area contributed by atoms with Crippen LogP contribution in [0, 0.1) is 5.82 Å². The zero-order valence-corrected chi connectivity index (χ0v) is 12.3. The topological polar surface area (TPSA) is 60.2 Å². The van der Waals surface area contributed by atoms with Gasteiger partial charge in [-0.1, -0.05) is 6.07 Å². The smallest absolute Gasteiger partial charge is 0.182 e. The lowest BCUT2D eigenvalue weighted by Gasteiger charge is -2.08. The minimum Gasteiger partial charge on any atom is -0.399 e. The number of nitrogen functional groups attached to an aromatic ring is 1. The van der Waals surface area contributed by atoms with E-state index in [1.54, 1.807) is 12.1 Å². The van der Waals surface area contributed by atoms with Gasteiger partial charge in [0.15, 0.2) is 9.84 Å². The average Bonchev–Trinajstić information content (AvgIpc) is 2.83. The van der Waals surface area contributed by atoms with Crippen molar-refractivity contribution < 1.29 is 12.8 Å². The Morgan fingerprint density at radius 1 is 1.05 bits per heavy atom. The van der Waals surface area contributed by atoms with Gasteiger partial charge >= 0.3 is 0 Å². The quantitative estimate of drug-likeness (QED) is 0.887. The predicted octanol–water partition coefficient (Wildman–Crippen LogP) is 2.87. The third kappa shape index (κ3) is 2.93. The summed E-state index contributed by atoms with van der Waals surface area (Å²) in [4.78, 5) is 0.297. The monoisotopic (exact) mass is 305 g/mol. The van der Waals surface area contributed by atoms with Crippen molar-refractivity contribution in [3.63, 3.8) is 0 Å². The minimum absolute atomic E-state index is 0.231. The second-order valence-corrected chi connectivity index (χ2v) is 7.43. The number of halogens is 1. The summed E-state index contributed by atoms with van der Waals surface area (Å²) in [5.41, 5.74) is 8.49. The minimum atomic E-state index is -3.49. The molecule has 0 heterocycles. The van der Waals surface area contributed by atoms with Crippen LogP contribution in [0.25, 0.3) is 0 Å². The summed E-state index contributed by atoms with van der Waals surface area (Å²) in [6.07, 6.45) is 3.00. The fraction of sp³-hybridized carbons (Fsp3) is 0.250. The Hall–Kier alpha value is -1.88. The number of nitrogens with two attached hydrogens (primary N) is 1. The Balaban J connectivity index is 1.93. The highest BCUT2D eigenvalue weighted by molar-refractivity contribution is 7.90. The van der Waals surface area contributed by atoms with Crippen molar-refractivity contribution in [1.29, 1.82) is 0 Å². The molecule has 1 aliphatic carbocycles. The van der Waals surface area contributed by atoms with Crippen LogP contribution in [0.5, 0.6) is 0 Å². The number of fused-ring (bicyclic) bond motifs is 1. The summed E-state index contributed by atoms with van der Waals surface area (Å²) in [5, 5.41) is 0. The highest BCUT2D eigenvalue weighted by Gasteiger charge is 2.19. The SMILES string of the molecule is Nc1cc(F)cc(CS(=O)(=O)c2ccc3c(c2)CCC3)c1. The molecule has 0 saturated carbocycles. The first kappa shape index (κ1) is 14.1. The lowest BCUT2D eigenvalue weighted by molar-refractivity contribution is 0.594. The highest BCUT2D eigenvalue weighted by Crippen LogP contribution is 2.26. The summed E-state index contributed by atoms with van der Waals surface area (Å²) in [7, 11) is -3.49. The van der Waals surface area contributed by atoms with E-state index < -0.39 is 15.7 Å². The summed E-state index contributed by atoms with van der Waals surface area (Å²) >= 11 is 0. The van der Waals surface area contributed by atoms with E-state index in [1.165, 1.54) is 23.8 Å². The van der Waals surface area contributed by atoms with E-state index in [9.17, 15) is 12.8 Å². The molecule has 0 bridgehead atoms. The van der Waals surface area contributed by atoms with Gasteiger partial charge < -0.3 is 5.73 Å². The number of aryl methyl sites for hydroxylation is 2.